The summed E-state index contributed by atoms with van der Waals surface area (Å²) in [5, 5.41) is 11.9. The number of amides is 1. The normalized spacial score (nSPS) is 12.7. The highest BCUT2D eigenvalue weighted by Gasteiger charge is 2.26. The van der Waals surface area contributed by atoms with Crippen molar-refractivity contribution in [3.8, 4) is 0 Å². The van der Waals surface area contributed by atoms with Gasteiger partial charge in [-0.25, -0.2) is 4.39 Å². The average molecular weight is 361 g/mol. The predicted molar refractivity (Wildman–Crippen MR) is 95.5 cm³/mol. The van der Waals surface area contributed by atoms with Crippen molar-refractivity contribution in [2.75, 3.05) is 0 Å². The fraction of sp³-hybridized carbons (Fsp3) is 0.400. The first-order valence-electron chi connectivity index (χ1n) is 8.42. The number of carbonyl (C=O) groups is 2. The molecule has 0 bridgehead atoms. The van der Waals surface area contributed by atoms with Gasteiger partial charge < -0.3 is 14.8 Å². The van der Waals surface area contributed by atoms with Crippen LogP contribution in [0.5, 0.6) is 0 Å². The van der Waals surface area contributed by atoms with Crippen molar-refractivity contribution in [2.24, 2.45) is 5.41 Å². The highest BCUT2D eigenvalue weighted by molar-refractivity contribution is 5.97. The summed E-state index contributed by atoms with van der Waals surface area (Å²) >= 11 is 0. The molecule has 140 valence electrons. The van der Waals surface area contributed by atoms with Crippen LogP contribution >= 0.6 is 0 Å². The molecule has 0 radical (unpaired) electrons. The van der Waals surface area contributed by atoms with E-state index < -0.39 is 11.9 Å². The van der Waals surface area contributed by atoms with Crippen LogP contribution in [-0.4, -0.2) is 17.0 Å². The molecule has 0 saturated heterocycles. The third kappa shape index (κ3) is 5.18. The van der Waals surface area contributed by atoms with Crippen LogP contribution in [-0.2, 0) is 11.2 Å². The Morgan fingerprint density at radius 3 is 2.38 bits per heavy atom. The molecule has 1 heterocycles. The van der Waals surface area contributed by atoms with E-state index in [1.165, 1.54) is 18.4 Å². The van der Waals surface area contributed by atoms with Gasteiger partial charge in [-0.3, -0.25) is 9.59 Å². The number of carboxylic acid groups (broad SMARTS) is 1. The molecule has 1 amide bonds. The van der Waals surface area contributed by atoms with Crippen molar-refractivity contribution >= 4 is 11.9 Å². The molecule has 0 fully saturated rings. The van der Waals surface area contributed by atoms with Crippen molar-refractivity contribution in [1.29, 1.82) is 0 Å². The second-order valence-electron chi connectivity index (χ2n) is 7.63. The SMILES string of the molecule is Cc1coc(CC(=O)O)c1C(=O)NC(CC(C)(C)C)c1ccc(F)cc1. The van der Waals surface area contributed by atoms with Gasteiger partial charge in [0.1, 0.15) is 18.0 Å². The minimum atomic E-state index is -1.07. The number of halogens is 1. The Kier molecular flexibility index (Phi) is 5.85. The van der Waals surface area contributed by atoms with Crippen LogP contribution in [0.2, 0.25) is 0 Å². The Morgan fingerprint density at radius 2 is 1.85 bits per heavy atom. The van der Waals surface area contributed by atoms with Crippen LogP contribution in [0.15, 0.2) is 34.9 Å². The topological polar surface area (TPSA) is 79.5 Å². The van der Waals surface area contributed by atoms with Gasteiger partial charge in [-0.05, 0) is 36.5 Å². The summed E-state index contributed by atoms with van der Waals surface area (Å²) in [6, 6.07) is 5.67. The van der Waals surface area contributed by atoms with E-state index in [9.17, 15) is 14.0 Å². The molecule has 0 aliphatic heterocycles. The van der Waals surface area contributed by atoms with Gasteiger partial charge in [0.15, 0.2) is 0 Å². The maximum Gasteiger partial charge on any atom is 0.311 e. The number of carbonyl (C=O) groups excluding carboxylic acids is 1. The number of hydrogen-bond donors (Lipinski definition) is 2. The maximum absolute atomic E-state index is 13.2. The van der Waals surface area contributed by atoms with Crippen molar-refractivity contribution < 1.29 is 23.5 Å². The average Bonchev–Trinajstić information content (AvgIpc) is 2.86. The number of nitrogens with one attached hydrogen (secondary N) is 1. The number of aliphatic carboxylic acids is 1. The van der Waals surface area contributed by atoms with Gasteiger partial charge >= 0.3 is 5.97 Å². The van der Waals surface area contributed by atoms with E-state index in [0.717, 1.165) is 5.56 Å². The second kappa shape index (κ2) is 7.72. The summed E-state index contributed by atoms with van der Waals surface area (Å²) in [5.41, 5.74) is 1.53. The zero-order chi connectivity index (χ0) is 19.5. The quantitative estimate of drug-likeness (QED) is 0.806. The van der Waals surface area contributed by atoms with Gasteiger partial charge in [0.2, 0.25) is 0 Å². The molecular weight excluding hydrogens is 337 g/mol. The first-order valence-corrected chi connectivity index (χ1v) is 8.42. The van der Waals surface area contributed by atoms with E-state index in [-0.39, 0.29) is 35.0 Å². The summed E-state index contributed by atoms with van der Waals surface area (Å²) in [6.45, 7) is 7.85. The molecular formula is C20H24FNO4. The molecule has 1 atom stereocenters. The van der Waals surface area contributed by atoms with Crippen molar-refractivity contribution in [3.63, 3.8) is 0 Å². The van der Waals surface area contributed by atoms with Gasteiger partial charge in [0.25, 0.3) is 5.91 Å². The monoisotopic (exact) mass is 361 g/mol. The summed E-state index contributed by atoms with van der Waals surface area (Å²) in [4.78, 5) is 23.8. The van der Waals surface area contributed by atoms with E-state index in [1.807, 2.05) is 0 Å². The summed E-state index contributed by atoms with van der Waals surface area (Å²) in [5.74, 6) is -1.69. The van der Waals surface area contributed by atoms with Crippen LogP contribution in [0.3, 0.4) is 0 Å². The molecule has 1 aromatic carbocycles. The molecule has 0 aliphatic rings. The van der Waals surface area contributed by atoms with E-state index >= 15 is 0 Å². The Morgan fingerprint density at radius 1 is 1.23 bits per heavy atom. The first-order chi connectivity index (χ1) is 12.1. The van der Waals surface area contributed by atoms with Crippen LogP contribution in [0.25, 0.3) is 0 Å². The lowest BCUT2D eigenvalue weighted by Crippen LogP contribution is -2.32. The Labute approximate surface area is 152 Å². The third-order valence-electron chi connectivity index (χ3n) is 3.98. The van der Waals surface area contributed by atoms with Crippen molar-refractivity contribution in [3.05, 3.63) is 58.8 Å². The van der Waals surface area contributed by atoms with E-state index in [1.54, 1.807) is 19.1 Å². The maximum atomic E-state index is 13.2. The minimum Gasteiger partial charge on any atom is -0.481 e. The molecule has 1 aromatic heterocycles. The standard InChI is InChI=1S/C20H24FNO4/c1-12-11-26-16(9-17(23)24)18(12)19(25)22-15(10-20(2,3)4)13-5-7-14(21)8-6-13/h5-8,11,15H,9-10H2,1-4H3,(H,22,25)(H,23,24). The molecule has 0 spiro atoms. The van der Waals surface area contributed by atoms with Gasteiger partial charge in [0.05, 0.1) is 17.9 Å². The predicted octanol–water partition coefficient (Wildman–Crippen LogP) is 4.26. The fourth-order valence-electron chi connectivity index (χ4n) is 2.86. The van der Waals surface area contributed by atoms with E-state index in [0.29, 0.717) is 12.0 Å². The lowest BCUT2D eigenvalue weighted by atomic mass is 9.85. The number of rotatable bonds is 6. The molecule has 2 N–H and O–H groups in total. The second-order valence-corrected chi connectivity index (χ2v) is 7.63. The van der Waals surface area contributed by atoms with E-state index in [4.69, 9.17) is 9.52 Å². The molecule has 2 aromatic rings. The van der Waals surface area contributed by atoms with Crippen LogP contribution in [0.4, 0.5) is 4.39 Å². The number of benzene rings is 1. The number of carboxylic acids is 1. The zero-order valence-electron chi connectivity index (χ0n) is 15.4. The van der Waals surface area contributed by atoms with E-state index in [2.05, 4.69) is 26.1 Å². The highest BCUT2D eigenvalue weighted by atomic mass is 19.1. The van der Waals surface area contributed by atoms with Crippen LogP contribution < -0.4 is 5.32 Å². The number of furan rings is 1. The number of aryl methyl sites for hydroxylation is 1. The summed E-state index contributed by atoms with van der Waals surface area (Å²) in [6.07, 6.45) is 1.65. The molecule has 0 aliphatic carbocycles. The van der Waals surface area contributed by atoms with Crippen molar-refractivity contribution in [2.45, 2.75) is 46.6 Å². The molecule has 1 unspecified atom stereocenters. The smallest absolute Gasteiger partial charge is 0.311 e. The van der Waals surface area contributed by atoms with Gasteiger partial charge in [-0.1, -0.05) is 32.9 Å². The molecule has 5 nitrogen and oxygen atoms in total. The molecule has 26 heavy (non-hydrogen) atoms. The summed E-state index contributed by atoms with van der Waals surface area (Å²) in [7, 11) is 0. The number of hydrogen-bond acceptors (Lipinski definition) is 3. The Bertz CT molecular complexity index is 787. The zero-order valence-corrected chi connectivity index (χ0v) is 15.4. The molecule has 0 saturated carbocycles. The van der Waals surface area contributed by atoms with Gasteiger partial charge in [-0.15, -0.1) is 0 Å². The largest absolute Gasteiger partial charge is 0.481 e. The minimum absolute atomic E-state index is 0.0817. The van der Waals surface area contributed by atoms with Gasteiger partial charge in [-0.2, -0.15) is 0 Å². The van der Waals surface area contributed by atoms with Crippen molar-refractivity contribution in [1.82, 2.24) is 5.32 Å². The third-order valence-corrected chi connectivity index (χ3v) is 3.98. The van der Waals surface area contributed by atoms with Crippen LogP contribution in [0, 0.1) is 18.2 Å². The Hall–Kier alpha value is -2.63. The molecule has 6 heteroatoms. The fourth-order valence-corrected chi connectivity index (χ4v) is 2.86. The van der Waals surface area contributed by atoms with Crippen LogP contribution in [0.1, 0.15) is 60.5 Å². The molecule has 2 rings (SSSR count). The summed E-state index contributed by atoms with van der Waals surface area (Å²) < 4.78 is 18.5. The highest BCUT2D eigenvalue weighted by Crippen LogP contribution is 2.30. The first kappa shape index (κ1) is 19.7. The lowest BCUT2D eigenvalue weighted by molar-refractivity contribution is -0.136. The van der Waals surface area contributed by atoms with Gasteiger partial charge in [0, 0.05) is 5.56 Å². The Balaban J connectivity index is 2.30. The lowest BCUT2D eigenvalue weighted by Gasteiger charge is -2.27.